The van der Waals surface area contributed by atoms with E-state index in [2.05, 4.69) is 0 Å². The van der Waals surface area contributed by atoms with Crippen LogP contribution in [0.25, 0.3) is 0 Å². The summed E-state index contributed by atoms with van der Waals surface area (Å²) in [7, 11) is 0. The van der Waals surface area contributed by atoms with Crippen molar-refractivity contribution in [1.29, 1.82) is 0 Å². The Labute approximate surface area is 108 Å². The zero-order chi connectivity index (χ0) is 11.9. The van der Waals surface area contributed by atoms with Gasteiger partial charge in [0.25, 0.3) is 0 Å². The van der Waals surface area contributed by atoms with Crippen LogP contribution in [0.5, 0.6) is 5.75 Å². The van der Waals surface area contributed by atoms with Gasteiger partial charge in [0.05, 0.1) is 12.1 Å². The molecule has 1 aliphatic carbocycles. The average molecular weight is 258 g/mol. The number of rotatable bonds is 3. The molecule has 0 unspecified atom stereocenters. The molecule has 0 aromatic heterocycles. The van der Waals surface area contributed by atoms with Crippen molar-refractivity contribution < 1.29 is 10.2 Å². The van der Waals surface area contributed by atoms with Crippen molar-refractivity contribution >= 4 is 12.4 Å². The van der Waals surface area contributed by atoms with Crippen molar-refractivity contribution in [2.24, 2.45) is 11.7 Å². The first-order valence-electron chi connectivity index (χ1n) is 5.74. The van der Waals surface area contributed by atoms with E-state index in [0.29, 0.717) is 11.7 Å². The molecule has 0 heterocycles. The minimum atomic E-state index is -0.455. The maximum Gasteiger partial charge on any atom is 0.121 e. The molecule has 0 bridgehead atoms. The summed E-state index contributed by atoms with van der Waals surface area (Å²) in [6.07, 6.45) is 1.69. The van der Waals surface area contributed by atoms with Crippen LogP contribution in [0.2, 0.25) is 0 Å². The quantitative estimate of drug-likeness (QED) is 0.778. The van der Waals surface area contributed by atoms with E-state index in [0.717, 1.165) is 29.5 Å². The number of aliphatic hydroxyl groups excluding tert-OH is 1. The van der Waals surface area contributed by atoms with Crippen molar-refractivity contribution in [3.8, 4) is 5.75 Å². The van der Waals surface area contributed by atoms with Crippen LogP contribution in [0, 0.1) is 19.8 Å². The summed E-state index contributed by atoms with van der Waals surface area (Å²) in [5.41, 5.74) is 8.57. The summed E-state index contributed by atoms with van der Waals surface area (Å²) in [6, 6.07) is 3.38. The number of phenolic OH excluding ortho intramolecular Hbond substituents is 1. The van der Waals surface area contributed by atoms with Crippen LogP contribution in [0.3, 0.4) is 0 Å². The molecule has 96 valence electrons. The highest BCUT2D eigenvalue weighted by molar-refractivity contribution is 5.85. The van der Waals surface area contributed by atoms with Crippen molar-refractivity contribution in [3.05, 3.63) is 28.8 Å². The van der Waals surface area contributed by atoms with E-state index in [1.807, 2.05) is 26.0 Å². The second kappa shape index (κ2) is 5.25. The monoisotopic (exact) mass is 257 g/mol. The Hall–Kier alpha value is -0.770. The van der Waals surface area contributed by atoms with Crippen LogP contribution < -0.4 is 5.73 Å². The third-order valence-corrected chi connectivity index (χ3v) is 3.37. The van der Waals surface area contributed by atoms with Gasteiger partial charge in [0.2, 0.25) is 0 Å². The van der Waals surface area contributed by atoms with Gasteiger partial charge in [-0.05, 0) is 49.3 Å². The largest absolute Gasteiger partial charge is 0.507 e. The predicted octanol–water partition coefficient (Wildman–Crippen LogP) is 2.20. The van der Waals surface area contributed by atoms with Crippen LogP contribution in [-0.2, 0) is 0 Å². The molecular formula is C13H20ClNO2. The second-order valence-corrected chi connectivity index (χ2v) is 4.86. The van der Waals surface area contributed by atoms with Gasteiger partial charge in [0.15, 0.2) is 0 Å². The molecule has 1 aromatic carbocycles. The molecular weight excluding hydrogens is 238 g/mol. The highest BCUT2D eigenvalue weighted by Gasteiger charge is 2.34. The first-order chi connectivity index (χ1) is 7.50. The minimum Gasteiger partial charge on any atom is -0.507 e. The van der Waals surface area contributed by atoms with Crippen LogP contribution >= 0.6 is 12.4 Å². The van der Waals surface area contributed by atoms with Gasteiger partial charge in [0.1, 0.15) is 5.75 Å². The number of aryl methyl sites for hydroxylation is 2. The third kappa shape index (κ3) is 2.92. The number of nitrogens with two attached hydrogens (primary N) is 1. The fourth-order valence-electron chi connectivity index (χ4n) is 2.11. The van der Waals surface area contributed by atoms with Gasteiger partial charge in [-0.3, -0.25) is 0 Å². The van der Waals surface area contributed by atoms with Gasteiger partial charge in [-0.15, -0.1) is 12.4 Å². The van der Waals surface area contributed by atoms with E-state index in [-0.39, 0.29) is 18.4 Å². The Morgan fingerprint density at radius 2 is 1.71 bits per heavy atom. The van der Waals surface area contributed by atoms with Crippen LogP contribution in [0.4, 0.5) is 0 Å². The Morgan fingerprint density at radius 3 is 2.12 bits per heavy atom. The SMILES string of the molecule is Cc1cc([C@H](N)[C@H](O)C2CC2)cc(C)c1O.Cl. The Bertz CT molecular complexity index is 381. The van der Waals surface area contributed by atoms with Crippen molar-refractivity contribution in [2.75, 3.05) is 0 Å². The van der Waals surface area contributed by atoms with E-state index >= 15 is 0 Å². The summed E-state index contributed by atoms with van der Waals surface area (Å²) < 4.78 is 0. The summed E-state index contributed by atoms with van der Waals surface area (Å²) in [6.45, 7) is 3.70. The lowest BCUT2D eigenvalue weighted by atomic mass is 9.95. The summed E-state index contributed by atoms with van der Waals surface area (Å²) in [4.78, 5) is 0. The molecule has 0 saturated heterocycles. The molecule has 17 heavy (non-hydrogen) atoms. The Morgan fingerprint density at radius 1 is 1.24 bits per heavy atom. The lowest BCUT2D eigenvalue weighted by molar-refractivity contribution is 0.122. The van der Waals surface area contributed by atoms with Gasteiger partial charge in [-0.2, -0.15) is 0 Å². The summed E-state index contributed by atoms with van der Waals surface area (Å²) in [5, 5.41) is 19.6. The third-order valence-electron chi connectivity index (χ3n) is 3.37. The average Bonchev–Trinajstić information content (AvgIpc) is 3.06. The predicted molar refractivity (Wildman–Crippen MR) is 70.5 cm³/mol. The zero-order valence-electron chi connectivity index (χ0n) is 10.2. The van der Waals surface area contributed by atoms with Gasteiger partial charge in [-0.25, -0.2) is 0 Å². The second-order valence-electron chi connectivity index (χ2n) is 4.86. The minimum absolute atomic E-state index is 0. The summed E-state index contributed by atoms with van der Waals surface area (Å²) in [5.74, 6) is 0.682. The standard InChI is InChI=1S/C13H19NO2.ClH/c1-7-5-10(6-8(2)12(7)15)11(14)13(16)9-3-4-9;/h5-6,9,11,13,15-16H,3-4,14H2,1-2H3;1H/t11-,13+;/m0./s1. The summed E-state index contributed by atoms with van der Waals surface area (Å²) >= 11 is 0. The lowest BCUT2D eigenvalue weighted by Crippen LogP contribution is -2.28. The number of benzene rings is 1. The molecule has 4 N–H and O–H groups in total. The smallest absolute Gasteiger partial charge is 0.121 e. The molecule has 0 amide bonds. The van der Waals surface area contributed by atoms with Crippen molar-refractivity contribution in [2.45, 2.75) is 38.8 Å². The van der Waals surface area contributed by atoms with Crippen LogP contribution in [0.15, 0.2) is 12.1 Å². The molecule has 0 radical (unpaired) electrons. The van der Waals surface area contributed by atoms with Crippen molar-refractivity contribution in [3.63, 3.8) is 0 Å². The van der Waals surface area contributed by atoms with E-state index in [9.17, 15) is 10.2 Å². The fourth-order valence-corrected chi connectivity index (χ4v) is 2.11. The Kier molecular flexibility index (Phi) is 4.42. The number of aliphatic hydroxyl groups is 1. The van der Waals surface area contributed by atoms with Crippen LogP contribution in [0.1, 0.15) is 35.6 Å². The maximum atomic E-state index is 9.97. The fraction of sp³-hybridized carbons (Fsp3) is 0.538. The number of phenols is 1. The first kappa shape index (κ1) is 14.3. The van der Waals surface area contributed by atoms with Gasteiger partial charge in [-0.1, -0.05) is 12.1 Å². The molecule has 2 atom stereocenters. The first-order valence-corrected chi connectivity index (χ1v) is 5.74. The highest BCUT2D eigenvalue weighted by atomic mass is 35.5. The lowest BCUT2D eigenvalue weighted by Gasteiger charge is -2.20. The zero-order valence-corrected chi connectivity index (χ0v) is 11.0. The Balaban J connectivity index is 0.00000144. The van der Waals surface area contributed by atoms with E-state index in [4.69, 9.17) is 5.73 Å². The molecule has 1 saturated carbocycles. The molecule has 0 aliphatic heterocycles. The molecule has 4 heteroatoms. The van der Waals surface area contributed by atoms with Gasteiger partial charge in [0, 0.05) is 0 Å². The number of halogens is 1. The molecule has 2 rings (SSSR count). The topological polar surface area (TPSA) is 66.5 Å². The number of hydrogen-bond donors (Lipinski definition) is 3. The molecule has 1 aliphatic rings. The molecule has 3 nitrogen and oxygen atoms in total. The van der Waals surface area contributed by atoms with Gasteiger partial charge < -0.3 is 15.9 Å². The normalized spacial score (nSPS) is 18.4. The van der Waals surface area contributed by atoms with E-state index in [1.165, 1.54) is 0 Å². The number of aromatic hydroxyl groups is 1. The number of hydrogen-bond acceptors (Lipinski definition) is 3. The molecule has 0 spiro atoms. The van der Waals surface area contributed by atoms with E-state index in [1.54, 1.807) is 0 Å². The van der Waals surface area contributed by atoms with Crippen LogP contribution in [-0.4, -0.2) is 16.3 Å². The molecule has 1 fully saturated rings. The van der Waals surface area contributed by atoms with E-state index < -0.39 is 6.10 Å². The van der Waals surface area contributed by atoms with Gasteiger partial charge >= 0.3 is 0 Å². The molecule has 1 aromatic rings. The maximum absolute atomic E-state index is 9.97. The van der Waals surface area contributed by atoms with Crippen molar-refractivity contribution in [1.82, 2.24) is 0 Å². The highest BCUT2D eigenvalue weighted by Crippen LogP contribution is 2.38.